The summed E-state index contributed by atoms with van der Waals surface area (Å²) in [5.74, 6) is 0. The molecule has 0 unspecified atom stereocenters. The normalized spacial score (nSPS) is 10.5. The van der Waals surface area contributed by atoms with Crippen LogP contribution in [-0.2, 0) is 37.4 Å². The van der Waals surface area contributed by atoms with Gasteiger partial charge >= 0.3 is 0 Å². The standard InChI is InChI=1S/C6H5ClO3S.Cd/c7-5-2-1-3-6(4-5)11(8,9)10;/h1-4H,(H,8,9,10);. The van der Waals surface area contributed by atoms with Gasteiger partial charge in [0.15, 0.2) is 0 Å². The van der Waals surface area contributed by atoms with Crippen molar-refractivity contribution in [1.82, 2.24) is 0 Å². The third kappa shape index (κ3) is 3.38. The summed E-state index contributed by atoms with van der Waals surface area (Å²) in [5.41, 5.74) is 0. The van der Waals surface area contributed by atoms with E-state index in [4.69, 9.17) is 16.2 Å². The molecule has 0 bridgehead atoms. The molecule has 0 atom stereocenters. The van der Waals surface area contributed by atoms with Crippen LogP contribution in [0.15, 0.2) is 29.2 Å². The second-order valence-corrected chi connectivity index (χ2v) is 3.79. The van der Waals surface area contributed by atoms with Crippen LogP contribution in [0.3, 0.4) is 0 Å². The summed E-state index contributed by atoms with van der Waals surface area (Å²) in [7, 11) is -4.11. The van der Waals surface area contributed by atoms with Gasteiger partial charge in [0.2, 0.25) is 0 Å². The smallest absolute Gasteiger partial charge is 0.282 e. The minimum absolute atomic E-state index is 0. The maximum absolute atomic E-state index is 10.5. The molecule has 1 aromatic rings. The Hall–Kier alpha value is 0.342. The largest absolute Gasteiger partial charge is 0.294 e. The van der Waals surface area contributed by atoms with Gasteiger partial charge in [0, 0.05) is 32.3 Å². The van der Waals surface area contributed by atoms with Crippen LogP contribution in [0.2, 0.25) is 5.02 Å². The van der Waals surface area contributed by atoms with Crippen LogP contribution >= 0.6 is 11.6 Å². The van der Waals surface area contributed by atoms with Crippen LogP contribution in [0.5, 0.6) is 0 Å². The number of benzene rings is 1. The number of hydrogen-bond donors (Lipinski definition) is 1. The quantitative estimate of drug-likeness (QED) is 0.633. The Kier molecular flexibility index (Phi) is 4.67. The zero-order valence-corrected chi connectivity index (χ0v) is 11.7. The summed E-state index contributed by atoms with van der Waals surface area (Å²) in [6, 6.07) is 5.42. The van der Waals surface area contributed by atoms with Gasteiger partial charge in [0.1, 0.15) is 0 Å². The molecule has 0 aromatic heterocycles. The Bertz CT molecular complexity index is 363. The topological polar surface area (TPSA) is 54.4 Å². The SMILES string of the molecule is O=S(=O)(O)c1cccc(Cl)c1.[Cd]. The van der Waals surface area contributed by atoms with Gasteiger partial charge in [-0.05, 0) is 18.2 Å². The number of rotatable bonds is 1. The third-order valence-electron chi connectivity index (χ3n) is 1.09. The van der Waals surface area contributed by atoms with E-state index in [1.807, 2.05) is 0 Å². The van der Waals surface area contributed by atoms with Gasteiger partial charge in [-0.25, -0.2) is 0 Å². The Labute approximate surface area is 95.6 Å². The molecular formula is C6H5CdClO3S. The molecule has 0 saturated heterocycles. The zero-order chi connectivity index (χ0) is 8.48. The molecule has 6 heteroatoms. The van der Waals surface area contributed by atoms with E-state index >= 15 is 0 Å². The van der Waals surface area contributed by atoms with E-state index in [0.717, 1.165) is 0 Å². The summed E-state index contributed by atoms with van der Waals surface area (Å²) < 4.78 is 29.5. The van der Waals surface area contributed by atoms with Crippen LogP contribution in [0.25, 0.3) is 0 Å². The second kappa shape index (κ2) is 4.54. The van der Waals surface area contributed by atoms with Crippen molar-refractivity contribution < 1.29 is 40.3 Å². The molecule has 0 aliphatic carbocycles. The molecular weight excluding hydrogens is 300 g/mol. The van der Waals surface area contributed by atoms with Crippen molar-refractivity contribution >= 4 is 21.7 Å². The van der Waals surface area contributed by atoms with Crippen molar-refractivity contribution in [3.8, 4) is 0 Å². The fraction of sp³-hybridized carbons (Fsp3) is 0. The Morgan fingerprint density at radius 3 is 2.25 bits per heavy atom. The average molecular weight is 305 g/mol. The van der Waals surface area contributed by atoms with E-state index < -0.39 is 10.1 Å². The third-order valence-corrected chi connectivity index (χ3v) is 2.18. The molecule has 0 fully saturated rings. The van der Waals surface area contributed by atoms with Crippen molar-refractivity contribution in [3.63, 3.8) is 0 Å². The predicted molar refractivity (Wildman–Crippen MR) is 41.3 cm³/mol. The molecule has 3 nitrogen and oxygen atoms in total. The maximum atomic E-state index is 10.5. The van der Waals surface area contributed by atoms with E-state index in [2.05, 4.69) is 0 Å². The first-order valence-corrected chi connectivity index (χ1v) is 4.55. The first-order valence-electron chi connectivity index (χ1n) is 2.73. The first kappa shape index (κ1) is 12.3. The fourth-order valence-electron chi connectivity index (χ4n) is 0.627. The molecule has 0 heterocycles. The van der Waals surface area contributed by atoms with Crippen LogP contribution in [0.4, 0.5) is 0 Å². The van der Waals surface area contributed by atoms with E-state index in [9.17, 15) is 8.42 Å². The second-order valence-electron chi connectivity index (χ2n) is 1.93. The zero-order valence-electron chi connectivity index (χ0n) is 6.07. The number of hydrogen-bond acceptors (Lipinski definition) is 2. The Balaban J connectivity index is 0.00000121. The van der Waals surface area contributed by atoms with Gasteiger partial charge in [-0.3, -0.25) is 4.55 Å². The molecule has 1 N–H and O–H groups in total. The van der Waals surface area contributed by atoms with Gasteiger partial charge in [0.25, 0.3) is 10.1 Å². The summed E-state index contributed by atoms with van der Waals surface area (Å²) >= 11 is 5.48. The molecule has 0 aliphatic rings. The van der Waals surface area contributed by atoms with Gasteiger partial charge in [-0.15, -0.1) is 0 Å². The van der Waals surface area contributed by atoms with E-state index in [-0.39, 0.29) is 37.2 Å². The minimum atomic E-state index is -4.11. The van der Waals surface area contributed by atoms with Gasteiger partial charge in [0.05, 0.1) is 4.90 Å². The first-order chi connectivity index (χ1) is 5.00. The van der Waals surface area contributed by atoms with Crippen LogP contribution in [0.1, 0.15) is 0 Å². The van der Waals surface area contributed by atoms with E-state index in [1.165, 1.54) is 24.3 Å². The molecule has 1 aromatic carbocycles. The van der Waals surface area contributed by atoms with Crippen molar-refractivity contribution in [2.45, 2.75) is 4.90 Å². The van der Waals surface area contributed by atoms with Crippen molar-refractivity contribution in [1.29, 1.82) is 0 Å². The van der Waals surface area contributed by atoms with Gasteiger partial charge in [-0.2, -0.15) is 8.42 Å². The monoisotopic (exact) mass is 306 g/mol. The molecule has 12 heavy (non-hydrogen) atoms. The molecule has 0 spiro atoms. The van der Waals surface area contributed by atoms with Crippen molar-refractivity contribution in [2.75, 3.05) is 0 Å². The van der Waals surface area contributed by atoms with Crippen LogP contribution < -0.4 is 0 Å². The van der Waals surface area contributed by atoms with Crippen LogP contribution in [-0.4, -0.2) is 13.0 Å². The number of halogens is 1. The molecule has 0 amide bonds. The Morgan fingerprint density at radius 2 is 1.92 bits per heavy atom. The van der Waals surface area contributed by atoms with Gasteiger partial charge in [-0.1, -0.05) is 17.7 Å². The van der Waals surface area contributed by atoms with E-state index in [1.54, 1.807) is 0 Å². The summed E-state index contributed by atoms with van der Waals surface area (Å²) in [5, 5.41) is 0.278. The molecule has 1 rings (SSSR count). The van der Waals surface area contributed by atoms with Crippen molar-refractivity contribution in [3.05, 3.63) is 29.3 Å². The molecule has 0 radical (unpaired) electrons. The maximum Gasteiger partial charge on any atom is 0.294 e. The summed E-state index contributed by atoms with van der Waals surface area (Å²) in [6.07, 6.45) is 0. The van der Waals surface area contributed by atoms with Crippen LogP contribution in [0, 0.1) is 0 Å². The molecule has 0 aliphatic heterocycles. The fourth-order valence-corrected chi connectivity index (χ4v) is 1.41. The minimum Gasteiger partial charge on any atom is -0.282 e. The molecule has 62 valence electrons. The summed E-state index contributed by atoms with van der Waals surface area (Å²) in [4.78, 5) is -0.190. The summed E-state index contributed by atoms with van der Waals surface area (Å²) in [6.45, 7) is 0. The van der Waals surface area contributed by atoms with E-state index in [0.29, 0.717) is 0 Å². The van der Waals surface area contributed by atoms with Gasteiger partial charge < -0.3 is 0 Å². The predicted octanol–water partition coefficient (Wildman–Crippen LogP) is 1.58. The van der Waals surface area contributed by atoms with Crippen molar-refractivity contribution in [2.24, 2.45) is 0 Å². The Morgan fingerprint density at radius 1 is 1.33 bits per heavy atom. The average Bonchev–Trinajstić information content (AvgIpc) is 1.86. The molecule has 0 saturated carbocycles.